The lowest BCUT2D eigenvalue weighted by molar-refractivity contribution is 0.102. The van der Waals surface area contributed by atoms with Crippen molar-refractivity contribution in [1.82, 2.24) is 9.97 Å². The maximum absolute atomic E-state index is 12.1. The van der Waals surface area contributed by atoms with E-state index in [1.807, 2.05) is 30.3 Å². The van der Waals surface area contributed by atoms with Crippen LogP contribution in [0, 0.1) is 0 Å². The molecule has 0 saturated heterocycles. The van der Waals surface area contributed by atoms with Crippen molar-refractivity contribution in [3.63, 3.8) is 0 Å². The molecule has 98 valence electrons. The van der Waals surface area contributed by atoms with Gasteiger partial charge < -0.3 is 0 Å². The van der Waals surface area contributed by atoms with Crippen molar-refractivity contribution in [2.24, 2.45) is 0 Å². The summed E-state index contributed by atoms with van der Waals surface area (Å²) in [6.45, 7) is 0. The van der Waals surface area contributed by atoms with Gasteiger partial charge in [-0.25, -0.2) is 9.97 Å². The van der Waals surface area contributed by atoms with Crippen LogP contribution in [0.5, 0.6) is 0 Å². The molecule has 0 spiro atoms. The Morgan fingerprint density at radius 2 is 1.95 bits per heavy atom. The molecule has 0 bridgehead atoms. The largest absolute Gasteiger partial charge is 0.290 e. The van der Waals surface area contributed by atoms with Crippen molar-refractivity contribution >= 4 is 38.7 Å². The highest BCUT2D eigenvalue weighted by molar-refractivity contribution is 9.10. The van der Waals surface area contributed by atoms with Gasteiger partial charge in [0.15, 0.2) is 0 Å². The normalized spacial score (nSPS) is 10.4. The number of halogens is 1. The van der Waals surface area contributed by atoms with E-state index in [1.165, 1.54) is 0 Å². The van der Waals surface area contributed by atoms with Gasteiger partial charge in [0, 0.05) is 21.6 Å². The number of aromatic nitrogens is 2. The topological polar surface area (TPSA) is 54.9 Å². The molecule has 0 unspecified atom stereocenters. The molecule has 0 aliphatic heterocycles. The number of hydrogen-bond donors (Lipinski definition) is 1. The highest BCUT2D eigenvalue weighted by Gasteiger charge is 2.08. The third kappa shape index (κ3) is 2.67. The molecule has 1 N–H and O–H groups in total. The van der Waals surface area contributed by atoms with E-state index in [1.54, 1.807) is 24.4 Å². The standard InChI is InChI=1S/C15H10BrN3O/c16-12-6-3-5-10(8-12)14(20)19-15-17-9-11-4-1-2-7-13(11)18-15/h1-9H,(H,17,18,19,20). The number of hydrogen-bond acceptors (Lipinski definition) is 3. The van der Waals surface area contributed by atoms with Gasteiger partial charge in [0.25, 0.3) is 5.91 Å². The molecule has 0 aliphatic rings. The van der Waals surface area contributed by atoms with Gasteiger partial charge in [-0.05, 0) is 24.3 Å². The summed E-state index contributed by atoms with van der Waals surface area (Å²) < 4.78 is 0.851. The Morgan fingerprint density at radius 1 is 1.10 bits per heavy atom. The molecule has 4 nitrogen and oxygen atoms in total. The Morgan fingerprint density at radius 3 is 2.80 bits per heavy atom. The Bertz CT molecular complexity index is 789. The van der Waals surface area contributed by atoms with E-state index in [0.717, 1.165) is 15.4 Å². The molecule has 1 heterocycles. The van der Waals surface area contributed by atoms with Gasteiger partial charge in [-0.15, -0.1) is 0 Å². The zero-order valence-corrected chi connectivity index (χ0v) is 12.0. The van der Waals surface area contributed by atoms with Gasteiger partial charge in [-0.2, -0.15) is 0 Å². The second kappa shape index (κ2) is 5.38. The molecule has 3 rings (SSSR count). The first kappa shape index (κ1) is 12.7. The molecular weight excluding hydrogens is 318 g/mol. The highest BCUT2D eigenvalue weighted by Crippen LogP contribution is 2.14. The zero-order chi connectivity index (χ0) is 13.9. The second-order valence-electron chi connectivity index (χ2n) is 4.22. The average Bonchev–Trinajstić information content (AvgIpc) is 2.47. The Labute approximate surface area is 124 Å². The van der Waals surface area contributed by atoms with Crippen LogP contribution >= 0.6 is 15.9 Å². The van der Waals surface area contributed by atoms with Crippen molar-refractivity contribution in [2.75, 3.05) is 5.32 Å². The van der Waals surface area contributed by atoms with Gasteiger partial charge in [-0.3, -0.25) is 10.1 Å². The summed E-state index contributed by atoms with van der Waals surface area (Å²) in [5, 5.41) is 3.63. The van der Waals surface area contributed by atoms with E-state index in [2.05, 4.69) is 31.2 Å². The number of nitrogens with zero attached hydrogens (tertiary/aromatic N) is 2. The van der Waals surface area contributed by atoms with Crippen LogP contribution in [0.3, 0.4) is 0 Å². The van der Waals surface area contributed by atoms with E-state index in [9.17, 15) is 4.79 Å². The summed E-state index contributed by atoms with van der Waals surface area (Å²) in [5.74, 6) is 0.0651. The molecular formula is C15H10BrN3O. The first-order chi connectivity index (χ1) is 9.72. The van der Waals surface area contributed by atoms with Gasteiger partial charge in [0.2, 0.25) is 5.95 Å². The predicted molar refractivity (Wildman–Crippen MR) is 81.6 cm³/mol. The number of anilines is 1. The number of carbonyl (C=O) groups excluding carboxylic acids is 1. The number of nitrogens with one attached hydrogen (secondary N) is 1. The molecule has 0 aliphatic carbocycles. The number of para-hydroxylation sites is 1. The number of amides is 1. The summed E-state index contributed by atoms with van der Waals surface area (Å²) in [7, 11) is 0. The first-order valence-corrected chi connectivity index (χ1v) is 6.80. The maximum Gasteiger partial charge on any atom is 0.258 e. The molecule has 3 aromatic rings. The third-order valence-electron chi connectivity index (χ3n) is 2.80. The lowest BCUT2D eigenvalue weighted by Gasteiger charge is -2.05. The fourth-order valence-corrected chi connectivity index (χ4v) is 2.24. The molecule has 0 saturated carbocycles. The van der Waals surface area contributed by atoms with E-state index in [-0.39, 0.29) is 5.91 Å². The lowest BCUT2D eigenvalue weighted by Crippen LogP contribution is -2.14. The molecule has 0 atom stereocenters. The second-order valence-corrected chi connectivity index (χ2v) is 5.13. The van der Waals surface area contributed by atoms with Crippen molar-refractivity contribution in [2.45, 2.75) is 0 Å². The van der Waals surface area contributed by atoms with Crippen LogP contribution in [0.1, 0.15) is 10.4 Å². The fraction of sp³-hybridized carbons (Fsp3) is 0. The average molecular weight is 328 g/mol. The molecule has 1 amide bonds. The Balaban J connectivity index is 1.87. The van der Waals surface area contributed by atoms with Crippen molar-refractivity contribution < 1.29 is 4.79 Å². The summed E-state index contributed by atoms with van der Waals surface area (Å²) in [6, 6.07) is 14.8. The maximum atomic E-state index is 12.1. The van der Waals surface area contributed by atoms with E-state index < -0.39 is 0 Å². The SMILES string of the molecule is O=C(Nc1ncc2ccccc2n1)c1cccc(Br)c1. The van der Waals surface area contributed by atoms with Crippen LogP contribution < -0.4 is 5.32 Å². The van der Waals surface area contributed by atoms with Crippen LogP contribution in [0.15, 0.2) is 59.2 Å². The smallest absolute Gasteiger partial charge is 0.258 e. The highest BCUT2D eigenvalue weighted by atomic mass is 79.9. The van der Waals surface area contributed by atoms with Crippen molar-refractivity contribution in [3.8, 4) is 0 Å². The summed E-state index contributed by atoms with van der Waals surface area (Å²) in [4.78, 5) is 20.5. The minimum atomic E-state index is -0.235. The minimum Gasteiger partial charge on any atom is -0.290 e. The molecule has 1 aromatic heterocycles. The van der Waals surface area contributed by atoms with Crippen LogP contribution in [0.25, 0.3) is 10.9 Å². The first-order valence-electron chi connectivity index (χ1n) is 6.01. The minimum absolute atomic E-state index is 0.235. The predicted octanol–water partition coefficient (Wildman–Crippen LogP) is 3.64. The molecule has 5 heteroatoms. The van der Waals surface area contributed by atoms with Crippen LogP contribution in [0.4, 0.5) is 5.95 Å². The molecule has 20 heavy (non-hydrogen) atoms. The molecule has 0 radical (unpaired) electrons. The van der Waals surface area contributed by atoms with Crippen LogP contribution in [-0.2, 0) is 0 Å². The van der Waals surface area contributed by atoms with Crippen LogP contribution in [0.2, 0.25) is 0 Å². The lowest BCUT2D eigenvalue weighted by atomic mass is 10.2. The van der Waals surface area contributed by atoms with E-state index >= 15 is 0 Å². The summed E-state index contributed by atoms with van der Waals surface area (Å²) in [5.41, 5.74) is 1.35. The summed E-state index contributed by atoms with van der Waals surface area (Å²) >= 11 is 3.34. The van der Waals surface area contributed by atoms with Gasteiger partial charge in [0.1, 0.15) is 0 Å². The quantitative estimate of drug-likeness (QED) is 0.781. The van der Waals surface area contributed by atoms with Crippen molar-refractivity contribution in [3.05, 3.63) is 64.8 Å². The Hall–Kier alpha value is -2.27. The van der Waals surface area contributed by atoms with Gasteiger partial charge in [-0.1, -0.05) is 40.2 Å². The van der Waals surface area contributed by atoms with Crippen LogP contribution in [-0.4, -0.2) is 15.9 Å². The number of benzene rings is 2. The Kier molecular flexibility index (Phi) is 3.43. The van der Waals surface area contributed by atoms with E-state index in [0.29, 0.717) is 11.5 Å². The number of carbonyl (C=O) groups is 1. The van der Waals surface area contributed by atoms with E-state index in [4.69, 9.17) is 0 Å². The molecule has 2 aromatic carbocycles. The number of rotatable bonds is 2. The summed E-state index contributed by atoms with van der Waals surface area (Å²) in [6.07, 6.45) is 1.69. The third-order valence-corrected chi connectivity index (χ3v) is 3.29. The zero-order valence-electron chi connectivity index (χ0n) is 10.4. The van der Waals surface area contributed by atoms with Gasteiger partial charge in [0.05, 0.1) is 5.52 Å². The van der Waals surface area contributed by atoms with Gasteiger partial charge >= 0.3 is 0 Å². The van der Waals surface area contributed by atoms with Crippen molar-refractivity contribution in [1.29, 1.82) is 0 Å². The fourth-order valence-electron chi connectivity index (χ4n) is 1.84. The monoisotopic (exact) mass is 327 g/mol. The molecule has 0 fully saturated rings. The number of fused-ring (bicyclic) bond motifs is 1.